The number of carbonyl (C=O) groups is 1. The SMILES string of the molecule is C[C@H]1C(=O)C[C@@H]2O[C@@H]3C[C@](C)(Cl)[C@@H](Br)C[C@@]31C2(C)C. The van der Waals surface area contributed by atoms with Gasteiger partial charge in [0, 0.05) is 28.0 Å². The van der Waals surface area contributed by atoms with E-state index in [2.05, 4.69) is 43.6 Å². The van der Waals surface area contributed by atoms with Gasteiger partial charge in [0.1, 0.15) is 5.78 Å². The second kappa shape index (κ2) is 3.98. The van der Waals surface area contributed by atoms with Crippen LogP contribution in [0.4, 0.5) is 0 Å². The summed E-state index contributed by atoms with van der Waals surface area (Å²) in [5, 5.41) is 0. The summed E-state index contributed by atoms with van der Waals surface area (Å²) in [6, 6.07) is 0. The number of hydrogen-bond acceptors (Lipinski definition) is 2. The van der Waals surface area contributed by atoms with Crippen LogP contribution < -0.4 is 0 Å². The lowest BCUT2D eigenvalue weighted by Gasteiger charge is -2.56. The lowest BCUT2D eigenvalue weighted by atomic mass is 9.47. The average Bonchev–Trinajstić information content (AvgIpc) is 2.40. The molecule has 1 heterocycles. The van der Waals surface area contributed by atoms with Crippen LogP contribution in [0.15, 0.2) is 0 Å². The number of ketones is 1. The van der Waals surface area contributed by atoms with E-state index in [1.807, 2.05) is 0 Å². The molecule has 3 rings (SSSR count). The van der Waals surface area contributed by atoms with E-state index in [0.717, 1.165) is 12.8 Å². The normalized spacial score (nSPS) is 56.0. The van der Waals surface area contributed by atoms with Gasteiger partial charge in [0.15, 0.2) is 0 Å². The summed E-state index contributed by atoms with van der Waals surface area (Å²) in [4.78, 5) is 12.3. The predicted octanol–water partition coefficient (Wildman–Crippen LogP) is 3.93. The Labute approximate surface area is 128 Å². The van der Waals surface area contributed by atoms with E-state index in [9.17, 15) is 4.79 Å². The molecule has 2 nitrogen and oxygen atoms in total. The molecular formula is C15H22BrClO2. The topological polar surface area (TPSA) is 26.3 Å². The Kier molecular flexibility index (Phi) is 3.01. The number of fused-ring (bicyclic) bond motifs is 1. The molecule has 1 spiro atoms. The van der Waals surface area contributed by atoms with Crippen LogP contribution in [0, 0.1) is 16.7 Å². The number of hydrogen-bond donors (Lipinski definition) is 0. The van der Waals surface area contributed by atoms with Gasteiger partial charge >= 0.3 is 0 Å². The van der Waals surface area contributed by atoms with Crippen LogP contribution in [0.25, 0.3) is 0 Å². The summed E-state index contributed by atoms with van der Waals surface area (Å²) in [5.74, 6) is 0.434. The minimum absolute atomic E-state index is 0.0460. The molecular weight excluding hydrogens is 328 g/mol. The summed E-state index contributed by atoms with van der Waals surface area (Å²) < 4.78 is 6.29. The summed E-state index contributed by atoms with van der Waals surface area (Å²) >= 11 is 10.4. The van der Waals surface area contributed by atoms with Crippen molar-refractivity contribution in [3.8, 4) is 0 Å². The molecule has 4 heteroatoms. The van der Waals surface area contributed by atoms with Gasteiger partial charge in [-0.05, 0) is 19.8 Å². The molecule has 0 radical (unpaired) electrons. The van der Waals surface area contributed by atoms with Gasteiger partial charge < -0.3 is 4.74 Å². The zero-order chi connectivity index (χ0) is 14.2. The number of carbonyl (C=O) groups excluding carboxylic acids is 1. The van der Waals surface area contributed by atoms with Crippen molar-refractivity contribution in [3.05, 3.63) is 0 Å². The van der Waals surface area contributed by atoms with Gasteiger partial charge in [0.2, 0.25) is 0 Å². The van der Waals surface area contributed by atoms with E-state index < -0.39 is 0 Å². The summed E-state index contributed by atoms with van der Waals surface area (Å²) in [5.41, 5.74) is -0.0139. The highest BCUT2D eigenvalue weighted by atomic mass is 79.9. The molecule has 2 saturated carbocycles. The molecule has 2 aliphatic carbocycles. The van der Waals surface area contributed by atoms with Crippen LogP contribution in [0.3, 0.4) is 0 Å². The van der Waals surface area contributed by atoms with Gasteiger partial charge in [-0.2, -0.15) is 0 Å². The minimum Gasteiger partial charge on any atom is -0.373 e. The number of ether oxygens (including phenoxy) is 1. The first-order valence-electron chi connectivity index (χ1n) is 7.14. The molecule has 0 N–H and O–H groups in total. The maximum atomic E-state index is 12.3. The zero-order valence-corrected chi connectivity index (χ0v) is 14.3. The molecule has 0 aromatic rings. The monoisotopic (exact) mass is 348 g/mol. The van der Waals surface area contributed by atoms with E-state index >= 15 is 0 Å². The third-order valence-corrected chi connectivity index (χ3v) is 8.32. The first-order valence-corrected chi connectivity index (χ1v) is 8.43. The summed E-state index contributed by atoms with van der Waals surface area (Å²) in [7, 11) is 0. The number of rotatable bonds is 0. The van der Waals surface area contributed by atoms with E-state index in [1.54, 1.807) is 0 Å². The van der Waals surface area contributed by atoms with Crippen molar-refractivity contribution in [2.24, 2.45) is 16.7 Å². The Balaban J connectivity index is 2.10. The Bertz CT molecular complexity index is 434. The summed E-state index contributed by atoms with van der Waals surface area (Å²) in [6.45, 7) is 8.72. The van der Waals surface area contributed by atoms with E-state index in [0.29, 0.717) is 12.2 Å². The van der Waals surface area contributed by atoms with E-state index in [-0.39, 0.29) is 38.7 Å². The molecule has 6 atom stereocenters. The second-order valence-corrected chi connectivity index (χ2v) is 9.39. The van der Waals surface area contributed by atoms with Crippen LogP contribution in [0.5, 0.6) is 0 Å². The number of halogens is 2. The molecule has 0 aromatic heterocycles. The van der Waals surface area contributed by atoms with Crippen molar-refractivity contribution in [2.75, 3.05) is 0 Å². The highest BCUT2D eigenvalue weighted by Crippen LogP contribution is 2.68. The van der Waals surface area contributed by atoms with Crippen molar-refractivity contribution >= 4 is 33.3 Å². The van der Waals surface area contributed by atoms with Crippen molar-refractivity contribution in [1.29, 1.82) is 0 Å². The van der Waals surface area contributed by atoms with Gasteiger partial charge in [0.25, 0.3) is 0 Å². The van der Waals surface area contributed by atoms with Crippen molar-refractivity contribution in [1.82, 2.24) is 0 Å². The lowest BCUT2D eigenvalue weighted by molar-refractivity contribution is -0.138. The van der Waals surface area contributed by atoms with Gasteiger partial charge in [-0.1, -0.05) is 36.7 Å². The van der Waals surface area contributed by atoms with Crippen LogP contribution in [0.1, 0.15) is 47.0 Å². The highest BCUT2D eigenvalue weighted by molar-refractivity contribution is 9.09. The Hall–Kier alpha value is 0.400. The number of alkyl halides is 2. The molecule has 1 saturated heterocycles. The minimum atomic E-state index is -0.285. The third kappa shape index (κ3) is 1.61. The Morgan fingerprint density at radius 2 is 1.89 bits per heavy atom. The fraction of sp³-hybridized carbons (Fsp3) is 0.933. The number of Topliss-reactive ketones (excluding diaryl/α,β-unsaturated/α-hetero) is 1. The van der Waals surface area contributed by atoms with Crippen LogP contribution in [0.2, 0.25) is 0 Å². The second-order valence-electron chi connectivity index (χ2n) is 7.42. The molecule has 3 fully saturated rings. The average molecular weight is 350 g/mol. The summed E-state index contributed by atoms with van der Waals surface area (Å²) in [6.07, 6.45) is 2.49. The molecule has 108 valence electrons. The molecule has 0 unspecified atom stereocenters. The quantitative estimate of drug-likeness (QED) is 0.619. The lowest BCUT2D eigenvalue weighted by Crippen LogP contribution is -2.60. The zero-order valence-electron chi connectivity index (χ0n) is 12.0. The molecule has 0 amide bonds. The smallest absolute Gasteiger partial charge is 0.138 e. The molecule has 19 heavy (non-hydrogen) atoms. The van der Waals surface area contributed by atoms with Gasteiger partial charge in [-0.15, -0.1) is 11.6 Å². The predicted molar refractivity (Wildman–Crippen MR) is 79.9 cm³/mol. The molecule has 3 aliphatic rings. The van der Waals surface area contributed by atoms with Crippen LogP contribution in [-0.4, -0.2) is 27.7 Å². The van der Waals surface area contributed by atoms with Crippen LogP contribution in [-0.2, 0) is 9.53 Å². The van der Waals surface area contributed by atoms with Gasteiger partial charge in [0.05, 0.1) is 17.1 Å². The maximum absolute atomic E-state index is 12.3. The van der Waals surface area contributed by atoms with Gasteiger partial charge in [-0.3, -0.25) is 4.79 Å². The fourth-order valence-electron chi connectivity index (χ4n) is 4.79. The van der Waals surface area contributed by atoms with E-state index in [1.165, 1.54) is 0 Å². The maximum Gasteiger partial charge on any atom is 0.138 e. The first-order chi connectivity index (χ1) is 8.63. The molecule has 2 bridgehead atoms. The standard InChI is InChI=1S/C15H22BrClO2/c1-8-9(18)5-11-13(2,3)15(8)6-10(16)14(4,17)7-12(15)19-11/h8,10-12H,5-7H2,1-4H3/t8-,10-,11-,12+,14-,15-/m0/s1. The van der Waals surface area contributed by atoms with Crippen molar-refractivity contribution in [3.63, 3.8) is 0 Å². The van der Waals surface area contributed by atoms with Crippen molar-refractivity contribution < 1.29 is 9.53 Å². The highest BCUT2D eigenvalue weighted by Gasteiger charge is 2.71. The van der Waals surface area contributed by atoms with Crippen molar-refractivity contribution in [2.45, 2.75) is 68.9 Å². The first kappa shape index (κ1) is 14.3. The molecule has 0 aromatic carbocycles. The fourth-order valence-corrected chi connectivity index (χ4v) is 5.73. The van der Waals surface area contributed by atoms with Gasteiger partial charge in [-0.25, -0.2) is 0 Å². The third-order valence-electron chi connectivity index (χ3n) is 6.30. The molecule has 1 aliphatic heterocycles. The Morgan fingerprint density at radius 1 is 1.26 bits per heavy atom. The van der Waals surface area contributed by atoms with E-state index in [4.69, 9.17) is 16.3 Å². The van der Waals surface area contributed by atoms with Crippen LogP contribution >= 0.6 is 27.5 Å². The largest absolute Gasteiger partial charge is 0.373 e. The Morgan fingerprint density at radius 3 is 2.53 bits per heavy atom.